The molecule has 0 amide bonds. The van der Waals surface area contributed by atoms with Crippen molar-refractivity contribution in [2.45, 2.75) is 51.3 Å². The van der Waals surface area contributed by atoms with Gasteiger partial charge in [-0.3, -0.25) is 4.90 Å². The number of rotatable bonds is 8. The molecule has 1 atom stereocenters. The molecule has 0 radical (unpaired) electrons. The lowest BCUT2D eigenvalue weighted by Crippen LogP contribution is -2.40. The van der Waals surface area contributed by atoms with Crippen LogP contribution in [0.4, 0.5) is 0 Å². The van der Waals surface area contributed by atoms with Crippen molar-refractivity contribution in [3.63, 3.8) is 0 Å². The highest BCUT2D eigenvalue weighted by atomic mass is 16.5. The highest BCUT2D eigenvalue weighted by molar-refractivity contribution is 5.30. The molecule has 0 spiro atoms. The molecule has 1 aliphatic carbocycles. The standard InChI is InChI=1S/C22H30N2O/c1-2-24(20-10-6-7-11-20)22(16-23)19-12-14-21(15-13-19)25-17-18-8-4-3-5-9-18/h3-5,8-9,12-15,20,22H,2,6-7,10-11,16-17,23H2,1H3. The van der Waals surface area contributed by atoms with Gasteiger partial charge in [0.15, 0.2) is 0 Å². The van der Waals surface area contributed by atoms with Crippen LogP contribution in [0.1, 0.15) is 49.8 Å². The Bertz CT molecular complexity index is 620. The van der Waals surface area contributed by atoms with Crippen LogP contribution in [-0.2, 0) is 6.61 Å². The third-order valence-corrected chi connectivity index (χ3v) is 5.30. The molecule has 1 fully saturated rings. The summed E-state index contributed by atoms with van der Waals surface area (Å²) in [5, 5.41) is 0. The summed E-state index contributed by atoms with van der Waals surface area (Å²) in [4.78, 5) is 2.59. The zero-order valence-corrected chi connectivity index (χ0v) is 15.2. The molecule has 134 valence electrons. The van der Waals surface area contributed by atoms with Crippen molar-refractivity contribution in [3.8, 4) is 5.75 Å². The summed E-state index contributed by atoms with van der Waals surface area (Å²) in [6, 6.07) is 19.8. The van der Waals surface area contributed by atoms with Crippen LogP contribution in [0.15, 0.2) is 54.6 Å². The van der Waals surface area contributed by atoms with Crippen LogP contribution < -0.4 is 10.5 Å². The van der Waals surface area contributed by atoms with Gasteiger partial charge in [0.05, 0.1) is 0 Å². The van der Waals surface area contributed by atoms with E-state index in [4.69, 9.17) is 10.5 Å². The molecule has 0 saturated heterocycles. The van der Waals surface area contributed by atoms with E-state index in [9.17, 15) is 0 Å². The number of benzene rings is 2. The molecule has 3 nitrogen and oxygen atoms in total. The summed E-state index contributed by atoms with van der Waals surface area (Å²) in [5.74, 6) is 0.910. The van der Waals surface area contributed by atoms with Crippen molar-refractivity contribution in [3.05, 3.63) is 65.7 Å². The molecular formula is C22H30N2O. The summed E-state index contributed by atoms with van der Waals surface area (Å²) < 4.78 is 5.90. The molecule has 2 aromatic rings. The molecule has 1 saturated carbocycles. The van der Waals surface area contributed by atoms with Crippen LogP contribution >= 0.6 is 0 Å². The van der Waals surface area contributed by atoms with E-state index in [2.05, 4.69) is 48.2 Å². The minimum absolute atomic E-state index is 0.302. The molecule has 1 unspecified atom stereocenters. The summed E-state index contributed by atoms with van der Waals surface area (Å²) in [6.45, 7) is 4.56. The minimum atomic E-state index is 0.302. The van der Waals surface area contributed by atoms with E-state index < -0.39 is 0 Å². The lowest BCUT2D eigenvalue weighted by molar-refractivity contribution is 0.147. The quantitative estimate of drug-likeness (QED) is 0.768. The first-order valence-corrected chi connectivity index (χ1v) is 9.54. The van der Waals surface area contributed by atoms with E-state index in [1.165, 1.54) is 36.8 Å². The molecule has 0 heterocycles. The van der Waals surface area contributed by atoms with E-state index in [0.29, 0.717) is 25.2 Å². The van der Waals surface area contributed by atoms with Gasteiger partial charge in [0.25, 0.3) is 0 Å². The van der Waals surface area contributed by atoms with E-state index in [0.717, 1.165) is 12.3 Å². The average molecular weight is 338 g/mol. The molecule has 0 bridgehead atoms. The van der Waals surface area contributed by atoms with Crippen molar-refractivity contribution in [1.82, 2.24) is 4.90 Å². The molecule has 3 rings (SSSR count). The minimum Gasteiger partial charge on any atom is -0.489 e. The number of nitrogens with zero attached hydrogens (tertiary/aromatic N) is 1. The van der Waals surface area contributed by atoms with Gasteiger partial charge in [-0.2, -0.15) is 0 Å². The maximum atomic E-state index is 6.15. The molecule has 2 aromatic carbocycles. The van der Waals surface area contributed by atoms with Gasteiger partial charge in [-0.1, -0.05) is 62.2 Å². The average Bonchev–Trinajstić information content (AvgIpc) is 3.20. The van der Waals surface area contributed by atoms with Gasteiger partial charge in [-0.05, 0) is 42.6 Å². The highest BCUT2D eigenvalue weighted by Gasteiger charge is 2.27. The second-order valence-corrected chi connectivity index (χ2v) is 6.86. The Kier molecular flexibility index (Phi) is 6.48. The van der Waals surface area contributed by atoms with E-state index >= 15 is 0 Å². The van der Waals surface area contributed by atoms with Crippen molar-refractivity contribution < 1.29 is 4.74 Å². The van der Waals surface area contributed by atoms with Crippen LogP contribution in [0.3, 0.4) is 0 Å². The highest BCUT2D eigenvalue weighted by Crippen LogP contribution is 2.31. The smallest absolute Gasteiger partial charge is 0.119 e. The Labute approximate surface area is 151 Å². The fourth-order valence-electron chi connectivity index (χ4n) is 3.96. The lowest BCUT2D eigenvalue weighted by atomic mass is 10.0. The van der Waals surface area contributed by atoms with Crippen LogP contribution in [0.2, 0.25) is 0 Å². The van der Waals surface area contributed by atoms with Crippen molar-refractivity contribution >= 4 is 0 Å². The summed E-state index contributed by atoms with van der Waals surface area (Å²) in [6.07, 6.45) is 5.32. The monoisotopic (exact) mass is 338 g/mol. The van der Waals surface area contributed by atoms with Crippen LogP contribution in [0.25, 0.3) is 0 Å². The predicted molar refractivity (Wildman–Crippen MR) is 104 cm³/mol. The van der Waals surface area contributed by atoms with Gasteiger partial charge >= 0.3 is 0 Å². The molecule has 2 N–H and O–H groups in total. The van der Waals surface area contributed by atoms with Gasteiger partial charge < -0.3 is 10.5 Å². The Morgan fingerprint density at radius 3 is 2.32 bits per heavy atom. The number of hydrogen-bond donors (Lipinski definition) is 1. The van der Waals surface area contributed by atoms with Crippen molar-refractivity contribution in [2.24, 2.45) is 5.73 Å². The predicted octanol–water partition coefficient (Wildman–Crippen LogP) is 4.53. The summed E-state index contributed by atoms with van der Waals surface area (Å²) in [7, 11) is 0. The summed E-state index contributed by atoms with van der Waals surface area (Å²) in [5.41, 5.74) is 8.63. The maximum absolute atomic E-state index is 6.15. The SMILES string of the molecule is CCN(C1CCCC1)C(CN)c1ccc(OCc2ccccc2)cc1. The molecule has 0 aromatic heterocycles. The van der Waals surface area contributed by atoms with Gasteiger partial charge in [0, 0.05) is 18.6 Å². The Morgan fingerprint density at radius 1 is 1.04 bits per heavy atom. The number of nitrogens with two attached hydrogens (primary N) is 1. The largest absolute Gasteiger partial charge is 0.489 e. The van der Waals surface area contributed by atoms with Crippen LogP contribution in [0, 0.1) is 0 Å². The number of hydrogen-bond acceptors (Lipinski definition) is 3. The van der Waals surface area contributed by atoms with Gasteiger partial charge in [-0.25, -0.2) is 0 Å². The van der Waals surface area contributed by atoms with Crippen LogP contribution in [0.5, 0.6) is 5.75 Å². The number of ether oxygens (including phenoxy) is 1. The normalized spacial score (nSPS) is 16.3. The van der Waals surface area contributed by atoms with Crippen LogP contribution in [-0.4, -0.2) is 24.0 Å². The Hall–Kier alpha value is -1.84. The number of likely N-dealkylation sites (N-methyl/N-ethyl adjacent to an activating group) is 1. The Morgan fingerprint density at radius 2 is 1.72 bits per heavy atom. The first-order valence-electron chi connectivity index (χ1n) is 9.54. The molecule has 25 heavy (non-hydrogen) atoms. The maximum Gasteiger partial charge on any atom is 0.119 e. The molecule has 1 aliphatic rings. The fraction of sp³-hybridized carbons (Fsp3) is 0.455. The van der Waals surface area contributed by atoms with E-state index in [1.54, 1.807) is 0 Å². The topological polar surface area (TPSA) is 38.5 Å². The second-order valence-electron chi connectivity index (χ2n) is 6.86. The Balaban J connectivity index is 1.65. The zero-order valence-electron chi connectivity index (χ0n) is 15.2. The first kappa shape index (κ1) is 18.0. The summed E-state index contributed by atoms with van der Waals surface area (Å²) >= 11 is 0. The lowest BCUT2D eigenvalue weighted by Gasteiger charge is -2.35. The fourth-order valence-corrected chi connectivity index (χ4v) is 3.96. The molecule has 0 aliphatic heterocycles. The third-order valence-electron chi connectivity index (χ3n) is 5.30. The second kappa shape index (κ2) is 9.02. The van der Waals surface area contributed by atoms with Crippen molar-refractivity contribution in [2.75, 3.05) is 13.1 Å². The third kappa shape index (κ3) is 4.62. The van der Waals surface area contributed by atoms with E-state index in [-0.39, 0.29) is 0 Å². The first-order chi connectivity index (χ1) is 12.3. The van der Waals surface area contributed by atoms with Gasteiger partial charge in [-0.15, -0.1) is 0 Å². The zero-order chi connectivity index (χ0) is 17.5. The van der Waals surface area contributed by atoms with Crippen molar-refractivity contribution in [1.29, 1.82) is 0 Å². The molecule has 3 heteroatoms. The van der Waals surface area contributed by atoms with Gasteiger partial charge in [0.2, 0.25) is 0 Å². The van der Waals surface area contributed by atoms with Gasteiger partial charge in [0.1, 0.15) is 12.4 Å². The van der Waals surface area contributed by atoms with E-state index in [1.807, 2.05) is 18.2 Å². The molecular weight excluding hydrogens is 308 g/mol.